The number of alkyl halides is 3. The third-order valence-corrected chi connectivity index (χ3v) is 2.32. The topological polar surface area (TPSA) is 36.9 Å². The fraction of sp³-hybridized carbons (Fsp3) is 0.444. The minimum atomic E-state index is -4.47. The van der Waals surface area contributed by atoms with E-state index in [0.29, 0.717) is 12.8 Å². The van der Waals surface area contributed by atoms with Crippen LogP contribution in [0.4, 0.5) is 13.2 Å². The Morgan fingerprint density at radius 1 is 1.36 bits per heavy atom. The second-order valence-corrected chi connectivity index (χ2v) is 3.36. The zero-order valence-corrected chi connectivity index (χ0v) is 7.06. The Hall–Kier alpha value is -1.44. The highest BCUT2D eigenvalue weighted by Gasteiger charge is 2.49. The lowest BCUT2D eigenvalue weighted by molar-refractivity contribution is -0.153. The summed E-state index contributed by atoms with van der Waals surface area (Å²) in [4.78, 5) is 0. The molecule has 0 unspecified atom stereocenters. The molecule has 5 heteroatoms. The molecule has 0 N–H and O–H groups in total. The second-order valence-electron chi connectivity index (χ2n) is 3.36. The van der Waals surface area contributed by atoms with E-state index in [1.807, 2.05) is 6.07 Å². The van der Waals surface area contributed by atoms with Crippen molar-refractivity contribution in [2.75, 3.05) is 0 Å². The van der Waals surface area contributed by atoms with Gasteiger partial charge in [-0.15, -0.1) is 0 Å². The summed E-state index contributed by atoms with van der Waals surface area (Å²) in [5, 5.41) is 8.73. The summed E-state index contributed by atoms with van der Waals surface area (Å²) in [6.07, 6.45) is -3.31. The standard InChI is InChI=1S/C9H6F3NO/c10-9(11,12)7-2-1-6(14-7)8(5-13)3-4-8/h1-2H,3-4H2. The van der Waals surface area contributed by atoms with Crippen LogP contribution >= 0.6 is 0 Å². The molecule has 0 aliphatic heterocycles. The molecule has 0 aromatic carbocycles. The van der Waals surface area contributed by atoms with Crippen molar-refractivity contribution in [2.24, 2.45) is 0 Å². The molecule has 0 bridgehead atoms. The van der Waals surface area contributed by atoms with E-state index in [2.05, 4.69) is 4.42 Å². The van der Waals surface area contributed by atoms with Gasteiger partial charge in [0.05, 0.1) is 6.07 Å². The smallest absolute Gasteiger partial charge is 0.449 e. The zero-order chi connectivity index (χ0) is 10.4. The Morgan fingerprint density at radius 3 is 2.36 bits per heavy atom. The summed E-state index contributed by atoms with van der Waals surface area (Å²) < 4.78 is 41.0. The van der Waals surface area contributed by atoms with Crippen LogP contribution in [0.25, 0.3) is 0 Å². The van der Waals surface area contributed by atoms with Gasteiger partial charge in [-0.3, -0.25) is 0 Å². The van der Waals surface area contributed by atoms with Gasteiger partial charge in [-0.1, -0.05) is 0 Å². The fourth-order valence-corrected chi connectivity index (χ4v) is 1.29. The van der Waals surface area contributed by atoms with Crippen LogP contribution in [-0.2, 0) is 11.6 Å². The zero-order valence-electron chi connectivity index (χ0n) is 7.06. The third kappa shape index (κ3) is 1.27. The Bertz CT molecular complexity index is 395. The largest absolute Gasteiger partial charge is 0.455 e. The summed E-state index contributed by atoms with van der Waals surface area (Å²) in [7, 11) is 0. The SMILES string of the molecule is N#CC1(c2ccc(C(F)(F)F)o2)CC1. The number of nitriles is 1. The van der Waals surface area contributed by atoms with Crippen LogP contribution in [0, 0.1) is 11.3 Å². The lowest BCUT2D eigenvalue weighted by Gasteiger charge is -2.02. The van der Waals surface area contributed by atoms with Crippen LogP contribution in [0.15, 0.2) is 16.5 Å². The van der Waals surface area contributed by atoms with Crippen molar-refractivity contribution in [1.29, 1.82) is 5.26 Å². The summed E-state index contributed by atoms with van der Waals surface area (Å²) in [5.74, 6) is -0.902. The molecule has 74 valence electrons. The first-order valence-corrected chi connectivity index (χ1v) is 4.07. The first-order valence-electron chi connectivity index (χ1n) is 4.07. The number of hydrogen-bond acceptors (Lipinski definition) is 2. The predicted octanol–water partition coefficient (Wildman–Crippen LogP) is 2.85. The Labute approximate surface area is 77.9 Å². The van der Waals surface area contributed by atoms with Crippen molar-refractivity contribution in [3.05, 3.63) is 23.7 Å². The molecule has 0 radical (unpaired) electrons. The van der Waals surface area contributed by atoms with Crippen molar-refractivity contribution in [1.82, 2.24) is 0 Å². The van der Waals surface area contributed by atoms with E-state index in [1.165, 1.54) is 6.07 Å². The van der Waals surface area contributed by atoms with E-state index in [1.54, 1.807) is 0 Å². The molecule has 1 saturated carbocycles. The number of furan rings is 1. The second kappa shape index (κ2) is 2.53. The Kier molecular flexibility index (Phi) is 1.65. The number of nitrogens with zero attached hydrogens (tertiary/aromatic N) is 1. The van der Waals surface area contributed by atoms with Crippen LogP contribution in [-0.4, -0.2) is 0 Å². The lowest BCUT2D eigenvalue weighted by atomic mass is 10.1. The number of hydrogen-bond donors (Lipinski definition) is 0. The summed E-state index contributed by atoms with van der Waals surface area (Å²) in [6, 6.07) is 4.08. The summed E-state index contributed by atoms with van der Waals surface area (Å²) in [5.41, 5.74) is -0.788. The first-order chi connectivity index (χ1) is 6.48. The molecule has 1 heterocycles. The lowest BCUT2D eigenvalue weighted by Crippen LogP contribution is -2.04. The molecule has 2 nitrogen and oxygen atoms in total. The molecule has 1 aliphatic carbocycles. The fourth-order valence-electron chi connectivity index (χ4n) is 1.29. The van der Waals surface area contributed by atoms with E-state index < -0.39 is 17.4 Å². The molecule has 14 heavy (non-hydrogen) atoms. The maximum Gasteiger partial charge on any atom is 0.449 e. The maximum atomic E-state index is 12.1. The summed E-state index contributed by atoms with van der Waals surface area (Å²) >= 11 is 0. The highest BCUT2D eigenvalue weighted by atomic mass is 19.4. The molecule has 0 spiro atoms. The van der Waals surface area contributed by atoms with Gasteiger partial charge in [0.25, 0.3) is 0 Å². The van der Waals surface area contributed by atoms with Crippen LogP contribution in [0.1, 0.15) is 24.4 Å². The monoisotopic (exact) mass is 201 g/mol. The Balaban J connectivity index is 2.32. The van der Waals surface area contributed by atoms with Gasteiger partial charge < -0.3 is 4.42 Å². The van der Waals surface area contributed by atoms with Gasteiger partial charge in [-0.25, -0.2) is 0 Å². The molecule has 1 aliphatic rings. The van der Waals surface area contributed by atoms with Crippen LogP contribution in [0.2, 0.25) is 0 Å². The number of halogens is 3. The molecule has 0 saturated heterocycles. The average Bonchev–Trinajstić information content (AvgIpc) is 2.73. The van der Waals surface area contributed by atoms with Crippen LogP contribution < -0.4 is 0 Å². The third-order valence-electron chi connectivity index (χ3n) is 2.32. The van der Waals surface area contributed by atoms with Crippen LogP contribution in [0.3, 0.4) is 0 Å². The van der Waals surface area contributed by atoms with Crippen LogP contribution in [0.5, 0.6) is 0 Å². The molecule has 0 atom stereocenters. The molecule has 1 aromatic rings. The van der Waals surface area contributed by atoms with E-state index >= 15 is 0 Å². The first kappa shape index (κ1) is 9.13. The van der Waals surface area contributed by atoms with Crippen molar-refractivity contribution in [2.45, 2.75) is 24.4 Å². The molecule has 0 amide bonds. The normalized spacial score (nSPS) is 19.0. The van der Waals surface area contributed by atoms with Gasteiger partial charge in [0.1, 0.15) is 11.2 Å². The quantitative estimate of drug-likeness (QED) is 0.700. The number of rotatable bonds is 1. The van der Waals surface area contributed by atoms with Gasteiger partial charge in [0.2, 0.25) is 5.76 Å². The minimum Gasteiger partial charge on any atom is -0.455 e. The maximum absolute atomic E-state index is 12.1. The molecule has 1 aromatic heterocycles. The van der Waals surface area contributed by atoms with Crippen molar-refractivity contribution >= 4 is 0 Å². The molecular formula is C9H6F3NO. The highest BCUT2D eigenvalue weighted by Crippen LogP contribution is 2.49. The molecule has 1 fully saturated rings. The van der Waals surface area contributed by atoms with Gasteiger partial charge in [-0.2, -0.15) is 18.4 Å². The molecule has 2 rings (SSSR count). The minimum absolute atomic E-state index is 0.132. The predicted molar refractivity (Wildman–Crippen MR) is 40.2 cm³/mol. The van der Waals surface area contributed by atoms with Gasteiger partial charge >= 0.3 is 6.18 Å². The molecular weight excluding hydrogens is 195 g/mol. The Morgan fingerprint density at radius 2 is 2.00 bits per heavy atom. The van der Waals surface area contributed by atoms with E-state index in [0.717, 1.165) is 6.07 Å². The van der Waals surface area contributed by atoms with Gasteiger partial charge in [0, 0.05) is 0 Å². The van der Waals surface area contributed by atoms with Crippen molar-refractivity contribution < 1.29 is 17.6 Å². The van der Waals surface area contributed by atoms with E-state index in [4.69, 9.17) is 5.26 Å². The average molecular weight is 201 g/mol. The summed E-state index contributed by atoms with van der Waals surface area (Å²) in [6.45, 7) is 0. The van der Waals surface area contributed by atoms with Crippen molar-refractivity contribution in [3.63, 3.8) is 0 Å². The van der Waals surface area contributed by atoms with E-state index in [9.17, 15) is 13.2 Å². The van der Waals surface area contributed by atoms with E-state index in [-0.39, 0.29) is 5.76 Å². The van der Waals surface area contributed by atoms with Gasteiger partial charge in [-0.05, 0) is 25.0 Å². The van der Waals surface area contributed by atoms with Crippen molar-refractivity contribution in [3.8, 4) is 6.07 Å². The highest BCUT2D eigenvalue weighted by molar-refractivity contribution is 5.33. The van der Waals surface area contributed by atoms with Gasteiger partial charge in [0.15, 0.2) is 0 Å².